The first-order valence-corrected chi connectivity index (χ1v) is 5.63. The van der Waals surface area contributed by atoms with E-state index in [1.807, 2.05) is 13.0 Å². The predicted octanol–water partition coefficient (Wildman–Crippen LogP) is 2.56. The molecule has 16 heavy (non-hydrogen) atoms. The molecular formula is C12H18ClNO2. The summed E-state index contributed by atoms with van der Waals surface area (Å²) in [6.45, 7) is 2.67. The second-order valence-corrected chi connectivity index (χ2v) is 4.02. The molecule has 1 aromatic rings. The van der Waals surface area contributed by atoms with Crippen LogP contribution in [-0.2, 0) is 6.42 Å². The van der Waals surface area contributed by atoms with Crippen molar-refractivity contribution in [2.75, 3.05) is 20.8 Å². The van der Waals surface area contributed by atoms with Gasteiger partial charge in [0.15, 0.2) is 11.5 Å². The van der Waals surface area contributed by atoms with Crippen molar-refractivity contribution in [3.05, 3.63) is 22.2 Å². The van der Waals surface area contributed by atoms with Gasteiger partial charge < -0.3 is 15.2 Å². The molecule has 0 saturated carbocycles. The Morgan fingerprint density at radius 2 is 1.88 bits per heavy atom. The molecule has 0 spiro atoms. The highest BCUT2D eigenvalue weighted by Crippen LogP contribution is 2.40. The van der Waals surface area contributed by atoms with Crippen molar-refractivity contribution < 1.29 is 9.47 Å². The van der Waals surface area contributed by atoms with Crippen LogP contribution in [0, 0.1) is 6.92 Å². The quantitative estimate of drug-likeness (QED) is 0.865. The van der Waals surface area contributed by atoms with Crippen molar-refractivity contribution in [3.63, 3.8) is 0 Å². The Morgan fingerprint density at radius 1 is 1.25 bits per heavy atom. The zero-order chi connectivity index (χ0) is 12.1. The Hall–Kier alpha value is -0.930. The molecule has 0 unspecified atom stereocenters. The molecule has 1 aromatic carbocycles. The molecule has 0 amide bonds. The van der Waals surface area contributed by atoms with E-state index in [9.17, 15) is 0 Å². The van der Waals surface area contributed by atoms with Crippen molar-refractivity contribution in [1.29, 1.82) is 0 Å². The van der Waals surface area contributed by atoms with Crippen molar-refractivity contribution in [2.45, 2.75) is 19.8 Å². The first-order valence-electron chi connectivity index (χ1n) is 5.25. The van der Waals surface area contributed by atoms with E-state index in [1.54, 1.807) is 14.2 Å². The molecule has 0 bridgehead atoms. The number of nitrogens with two attached hydrogens (primary N) is 1. The maximum atomic E-state index is 6.09. The Morgan fingerprint density at radius 3 is 2.38 bits per heavy atom. The lowest BCUT2D eigenvalue weighted by molar-refractivity contribution is 0.351. The monoisotopic (exact) mass is 243 g/mol. The number of hydrogen-bond acceptors (Lipinski definition) is 3. The SMILES string of the molecule is COc1c(Cl)cc(C)c(CCCN)c1OC. The van der Waals surface area contributed by atoms with Crippen molar-refractivity contribution in [2.24, 2.45) is 5.73 Å². The highest BCUT2D eigenvalue weighted by atomic mass is 35.5. The van der Waals surface area contributed by atoms with Crippen LogP contribution in [-0.4, -0.2) is 20.8 Å². The van der Waals surface area contributed by atoms with E-state index in [-0.39, 0.29) is 0 Å². The van der Waals surface area contributed by atoms with E-state index in [2.05, 4.69) is 0 Å². The molecule has 0 aliphatic heterocycles. The number of ether oxygens (including phenoxy) is 2. The standard InChI is InChI=1S/C12H18ClNO2/c1-8-7-10(13)12(16-3)11(15-2)9(8)5-4-6-14/h7H,4-6,14H2,1-3H3. The van der Waals surface area contributed by atoms with Gasteiger partial charge in [-0.3, -0.25) is 0 Å². The fraction of sp³-hybridized carbons (Fsp3) is 0.500. The van der Waals surface area contributed by atoms with Crippen LogP contribution in [0.2, 0.25) is 5.02 Å². The van der Waals surface area contributed by atoms with Crippen LogP contribution in [0.3, 0.4) is 0 Å². The van der Waals surface area contributed by atoms with Crippen molar-refractivity contribution in [3.8, 4) is 11.5 Å². The molecule has 1 rings (SSSR count). The molecule has 0 fully saturated rings. The lowest BCUT2D eigenvalue weighted by Gasteiger charge is -2.16. The molecule has 0 saturated heterocycles. The molecule has 0 atom stereocenters. The second-order valence-electron chi connectivity index (χ2n) is 3.61. The molecule has 0 radical (unpaired) electrons. The van der Waals surface area contributed by atoms with Gasteiger partial charge in [-0.25, -0.2) is 0 Å². The fourth-order valence-electron chi connectivity index (χ4n) is 1.76. The van der Waals surface area contributed by atoms with Crippen LogP contribution in [0.15, 0.2) is 6.07 Å². The molecule has 2 N–H and O–H groups in total. The van der Waals surface area contributed by atoms with Gasteiger partial charge in [-0.2, -0.15) is 0 Å². The van der Waals surface area contributed by atoms with Gasteiger partial charge in [0.1, 0.15) is 0 Å². The topological polar surface area (TPSA) is 44.5 Å². The predicted molar refractivity (Wildman–Crippen MR) is 66.7 cm³/mol. The Balaban J connectivity index is 3.22. The zero-order valence-electron chi connectivity index (χ0n) is 9.97. The van der Waals surface area contributed by atoms with E-state index in [0.717, 1.165) is 29.7 Å². The third kappa shape index (κ3) is 2.60. The maximum absolute atomic E-state index is 6.09. The minimum atomic E-state index is 0.577. The van der Waals surface area contributed by atoms with Gasteiger partial charge in [-0.05, 0) is 37.9 Å². The smallest absolute Gasteiger partial charge is 0.179 e. The number of halogens is 1. The summed E-state index contributed by atoms with van der Waals surface area (Å²) < 4.78 is 10.6. The Bertz CT molecular complexity index is 367. The molecule has 4 heteroatoms. The number of hydrogen-bond donors (Lipinski definition) is 1. The highest BCUT2D eigenvalue weighted by molar-refractivity contribution is 6.32. The van der Waals surface area contributed by atoms with Crippen LogP contribution in [0.25, 0.3) is 0 Å². The van der Waals surface area contributed by atoms with Crippen LogP contribution < -0.4 is 15.2 Å². The Labute approximate surface area is 101 Å². The molecular weight excluding hydrogens is 226 g/mol. The van der Waals surface area contributed by atoms with Gasteiger partial charge in [0, 0.05) is 5.56 Å². The minimum absolute atomic E-state index is 0.577. The Kier molecular flexibility index (Phi) is 4.90. The minimum Gasteiger partial charge on any atom is -0.493 e. The van der Waals surface area contributed by atoms with E-state index >= 15 is 0 Å². The van der Waals surface area contributed by atoms with Crippen LogP contribution in [0.5, 0.6) is 11.5 Å². The first-order chi connectivity index (χ1) is 7.65. The molecule has 0 aliphatic rings. The number of methoxy groups -OCH3 is 2. The molecule has 0 aromatic heterocycles. The lowest BCUT2D eigenvalue weighted by atomic mass is 10.0. The van der Waals surface area contributed by atoms with E-state index < -0.39 is 0 Å². The largest absolute Gasteiger partial charge is 0.493 e. The average Bonchev–Trinajstić information content (AvgIpc) is 2.27. The zero-order valence-corrected chi connectivity index (χ0v) is 10.7. The summed E-state index contributed by atoms with van der Waals surface area (Å²) in [5, 5.41) is 0.577. The van der Waals surface area contributed by atoms with Gasteiger partial charge in [-0.1, -0.05) is 11.6 Å². The van der Waals surface area contributed by atoms with Crippen molar-refractivity contribution >= 4 is 11.6 Å². The van der Waals surface area contributed by atoms with Crippen LogP contribution >= 0.6 is 11.6 Å². The lowest BCUT2D eigenvalue weighted by Crippen LogP contribution is -2.04. The van der Waals surface area contributed by atoms with Crippen LogP contribution in [0.1, 0.15) is 17.5 Å². The number of aryl methyl sites for hydroxylation is 1. The molecule has 0 aliphatic carbocycles. The highest BCUT2D eigenvalue weighted by Gasteiger charge is 2.16. The molecule has 90 valence electrons. The van der Waals surface area contributed by atoms with E-state index in [0.29, 0.717) is 17.3 Å². The summed E-state index contributed by atoms with van der Waals surface area (Å²) in [4.78, 5) is 0. The van der Waals surface area contributed by atoms with E-state index in [4.69, 9.17) is 26.8 Å². The van der Waals surface area contributed by atoms with Gasteiger partial charge in [0.25, 0.3) is 0 Å². The summed E-state index contributed by atoms with van der Waals surface area (Å²) in [5.74, 6) is 1.32. The van der Waals surface area contributed by atoms with Crippen molar-refractivity contribution in [1.82, 2.24) is 0 Å². The molecule has 0 heterocycles. The number of rotatable bonds is 5. The number of benzene rings is 1. The summed E-state index contributed by atoms with van der Waals surface area (Å²) in [5.41, 5.74) is 7.75. The third-order valence-corrected chi connectivity index (χ3v) is 2.84. The third-order valence-electron chi connectivity index (χ3n) is 2.56. The summed E-state index contributed by atoms with van der Waals surface area (Å²) in [6, 6.07) is 1.90. The van der Waals surface area contributed by atoms with Gasteiger partial charge in [0.05, 0.1) is 19.2 Å². The van der Waals surface area contributed by atoms with Crippen LogP contribution in [0.4, 0.5) is 0 Å². The summed E-state index contributed by atoms with van der Waals surface area (Å²) >= 11 is 6.09. The van der Waals surface area contributed by atoms with Gasteiger partial charge >= 0.3 is 0 Å². The van der Waals surface area contributed by atoms with Gasteiger partial charge in [-0.15, -0.1) is 0 Å². The summed E-state index contributed by atoms with van der Waals surface area (Å²) in [7, 11) is 3.21. The first kappa shape index (κ1) is 13.1. The normalized spacial score (nSPS) is 10.3. The van der Waals surface area contributed by atoms with E-state index in [1.165, 1.54) is 0 Å². The second kappa shape index (κ2) is 5.97. The maximum Gasteiger partial charge on any atom is 0.179 e. The average molecular weight is 244 g/mol. The molecule has 3 nitrogen and oxygen atoms in total. The fourth-order valence-corrected chi connectivity index (χ4v) is 2.09. The summed E-state index contributed by atoms with van der Waals surface area (Å²) in [6.07, 6.45) is 1.79. The van der Waals surface area contributed by atoms with Gasteiger partial charge in [0.2, 0.25) is 0 Å².